The summed E-state index contributed by atoms with van der Waals surface area (Å²) in [5.41, 5.74) is 8.02. The third-order valence-corrected chi connectivity index (χ3v) is 5.61. The Kier molecular flexibility index (Phi) is 5.77. The van der Waals surface area contributed by atoms with E-state index >= 15 is 0 Å². The van der Waals surface area contributed by atoms with Gasteiger partial charge in [0.1, 0.15) is 0 Å². The second kappa shape index (κ2) is 7.35. The summed E-state index contributed by atoms with van der Waals surface area (Å²) >= 11 is 1.98. The monoisotopic (exact) mass is 277 g/mol. The molecule has 0 aromatic heterocycles. The van der Waals surface area contributed by atoms with Crippen molar-refractivity contribution in [3.05, 3.63) is 29.8 Å². The van der Waals surface area contributed by atoms with Gasteiger partial charge < -0.3 is 5.73 Å². The quantitative estimate of drug-likeness (QED) is 0.774. The zero-order chi connectivity index (χ0) is 13.7. The second-order valence-electron chi connectivity index (χ2n) is 5.77. The van der Waals surface area contributed by atoms with Crippen LogP contribution in [0.15, 0.2) is 29.2 Å². The van der Waals surface area contributed by atoms with Crippen LogP contribution in [0, 0.1) is 5.92 Å². The summed E-state index contributed by atoms with van der Waals surface area (Å²) in [7, 11) is 0. The van der Waals surface area contributed by atoms with Crippen LogP contribution in [0.1, 0.15) is 57.4 Å². The molecule has 0 bridgehead atoms. The zero-order valence-electron chi connectivity index (χ0n) is 12.3. The molecule has 0 aliphatic carbocycles. The molecule has 1 heterocycles. The summed E-state index contributed by atoms with van der Waals surface area (Å²) in [4.78, 5) is 1.45. The highest BCUT2D eigenvalue weighted by Crippen LogP contribution is 2.41. The Balaban J connectivity index is 1.95. The average Bonchev–Trinajstić information content (AvgIpc) is 2.87. The molecule has 2 heteroatoms. The van der Waals surface area contributed by atoms with E-state index in [4.69, 9.17) is 5.73 Å². The summed E-state index contributed by atoms with van der Waals surface area (Å²) in [6.45, 7) is 4.58. The summed E-state index contributed by atoms with van der Waals surface area (Å²) in [6.07, 6.45) is 6.46. The van der Waals surface area contributed by atoms with E-state index in [0.29, 0.717) is 12.0 Å². The molecule has 106 valence electrons. The molecular formula is C17H27NS. The molecule has 1 nitrogen and oxygen atoms in total. The third-order valence-electron chi connectivity index (χ3n) is 4.40. The van der Waals surface area contributed by atoms with Crippen LogP contribution in [-0.2, 0) is 0 Å². The Labute approximate surface area is 122 Å². The summed E-state index contributed by atoms with van der Waals surface area (Å²) in [5.74, 6) is 2.55. The highest BCUT2D eigenvalue weighted by atomic mass is 32.2. The van der Waals surface area contributed by atoms with Gasteiger partial charge >= 0.3 is 0 Å². The molecule has 19 heavy (non-hydrogen) atoms. The number of hydrogen-bond donors (Lipinski definition) is 1. The van der Waals surface area contributed by atoms with Gasteiger partial charge in [0, 0.05) is 22.6 Å². The van der Waals surface area contributed by atoms with Crippen molar-refractivity contribution >= 4 is 11.8 Å². The molecule has 0 spiro atoms. The van der Waals surface area contributed by atoms with Crippen molar-refractivity contribution in [1.29, 1.82) is 0 Å². The zero-order valence-corrected chi connectivity index (χ0v) is 13.1. The van der Waals surface area contributed by atoms with Crippen LogP contribution >= 0.6 is 11.8 Å². The number of hydrogen-bond acceptors (Lipinski definition) is 2. The standard InChI is InChI=1S/C17H27NS/c1-3-5-8-13(4-2)11-16(18)15-12-19-17-10-7-6-9-14(15)17/h6-7,9-10,13,15-16H,3-5,8,11-12,18H2,1-2H3. The fourth-order valence-electron chi connectivity index (χ4n) is 3.07. The van der Waals surface area contributed by atoms with Crippen LogP contribution in [-0.4, -0.2) is 11.8 Å². The number of thioether (sulfide) groups is 1. The van der Waals surface area contributed by atoms with Crippen LogP contribution in [0.25, 0.3) is 0 Å². The predicted octanol–water partition coefficient (Wildman–Crippen LogP) is 4.81. The van der Waals surface area contributed by atoms with E-state index in [1.165, 1.54) is 48.3 Å². The Morgan fingerprint density at radius 3 is 2.84 bits per heavy atom. The van der Waals surface area contributed by atoms with Crippen LogP contribution in [0.5, 0.6) is 0 Å². The molecule has 0 amide bonds. The lowest BCUT2D eigenvalue weighted by Crippen LogP contribution is -2.31. The average molecular weight is 277 g/mol. The largest absolute Gasteiger partial charge is 0.327 e. The lowest BCUT2D eigenvalue weighted by molar-refractivity contribution is 0.365. The van der Waals surface area contributed by atoms with Gasteiger partial charge in [0.15, 0.2) is 0 Å². The fraction of sp³-hybridized carbons (Fsp3) is 0.647. The normalized spacial score (nSPS) is 21.1. The SMILES string of the molecule is CCCCC(CC)CC(N)C1CSc2ccccc21. The molecule has 1 aromatic carbocycles. The Morgan fingerprint density at radius 2 is 2.11 bits per heavy atom. The minimum absolute atomic E-state index is 0.331. The highest BCUT2D eigenvalue weighted by molar-refractivity contribution is 7.99. The van der Waals surface area contributed by atoms with Crippen molar-refractivity contribution in [3.8, 4) is 0 Å². The molecule has 0 fully saturated rings. The van der Waals surface area contributed by atoms with Crippen LogP contribution < -0.4 is 5.73 Å². The van der Waals surface area contributed by atoms with E-state index in [1.54, 1.807) is 0 Å². The molecular weight excluding hydrogens is 250 g/mol. The minimum atomic E-state index is 0.331. The van der Waals surface area contributed by atoms with Crippen LogP contribution in [0.4, 0.5) is 0 Å². The number of unbranched alkanes of at least 4 members (excludes halogenated alkanes) is 1. The van der Waals surface area contributed by atoms with E-state index in [0.717, 1.165) is 5.92 Å². The van der Waals surface area contributed by atoms with Gasteiger partial charge in [-0.15, -0.1) is 11.8 Å². The van der Waals surface area contributed by atoms with Gasteiger partial charge in [-0.1, -0.05) is 57.7 Å². The van der Waals surface area contributed by atoms with Crippen molar-refractivity contribution in [2.45, 2.75) is 62.8 Å². The van der Waals surface area contributed by atoms with E-state index in [2.05, 4.69) is 38.1 Å². The third kappa shape index (κ3) is 3.76. The lowest BCUT2D eigenvalue weighted by Gasteiger charge is -2.24. The smallest absolute Gasteiger partial charge is 0.0119 e. The van der Waals surface area contributed by atoms with Crippen molar-refractivity contribution in [3.63, 3.8) is 0 Å². The predicted molar refractivity (Wildman–Crippen MR) is 85.8 cm³/mol. The maximum Gasteiger partial charge on any atom is 0.0119 e. The Morgan fingerprint density at radius 1 is 1.32 bits per heavy atom. The maximum absolute atomic E-state index is 6.53. The molecule has 0 saturated carbocycles. The molecule has 0 radical (unpaired) electrons. The van der Waals surface area contributed by atoms with Crippen LogP contribution in [0.3, 0.4) is 0 Å². The van der Waals surface area contributed by atoms with Gasteiger partial charge in [0.2, 0.25) is 0 Å². The summed E-state index contributed by atoms with van der Waals surface area (Å²) < 4.78 is 0. The number of rotatable bonds is 7. The number of fused-ring (bicyclic) bond motifs is 1. The van der Waals surface area contributed by atoms with Gasteiger partial charge in [-0.25, -0.2) is 0 Å². The maximum atomic E-state index is 6.53. The second-order valence-corrected chi connectivity index (χ2v) is 6.83. The van der Waals surface area contributed by atoms with Gasteiger partial charge in [0.25, 0.3) is 0 Å². The first-order valence-electron chi connectivity index (χ1n) is 7.73. The lowest BCUT2D eigenvalue weighted by atomic mass is 9.85. The Bertz CT molecular complexity index is 391. The topological polar surface area (TPSA) is 26.0 Å². The molecule has 1 aromatic rings. The van der Waals surface area contributed by atoms with Gasteiger partial charge in [-0.2, -0.15) is 0 Å². The van der Waals surface area contributed by atoms with Gasteiger partial charge in [0.05, 0.1) is 0 Å². The van der Waals surface area contributed by atoms with Crippen molar-refractivity contribution < 1.29 is 0 Å². The van der Waals surface area contributed by atoms with Crippen LogP contribution in [0.2, 0.25) is 0 Å². The molecule has 3 unspecified atom stereocenters. The van der Waals surface area contributed by atoms with E-state index < -0.39 is 0 Å². The Hall–Kier alpha value is -0.470. The number of nitrogens with two attached hydrogens (primary N) is 1. The molecule has 1 aliphatic rings. The van der Waals surface area contributed by atoms with Gasteiger partial charge in [-0.3, -0.25) is 0 Å². The molecule has 2 N–H and O–H groups in total. The van der Waals surface area contributed by atoms with Crippen molar-refractivity contribution in [2.24, 2.45) is 11.7 Å². The van der Waals surface area contributed by atoms with E-state index in [-0.39, 0.29) is 0 Å². The van der Waals surface area contributed by atoms with Crippen molar-refractivity contribution in [2.75, 3.05) is 5.75 Å². The molecule has 1 aliphatic heterocycles. The van der Waals surface area contributed by atoms with Crippen molar-refractivity contribution in [1.82, 2.24) is 0 Å². The summed E-state index contributed by atoms with van der Waals surface area (Å²) in [6, 6.07) is 9.13. The highest BCUT2D eigenvalue weighted by Gasteiger charge is 2.29. The van der Waals surface area contributed by atoms with E-state index in [9.17, 15) is 0 Å². The molecule has 3 atom stereocenters. The van der Waals surface area contributed by atoms with Gasteiger partial charge in [-0.05, 0) is 24.0 Å². The minimum Gasteiger partial charge on any atom is -0.327 e. The first-order valence-corrected chi connectivity index (χ1v) is 8.72. The molecule has 0 saturated heterocycles. The molecule has 2 rings (SSSR count). The number of benzene rings is 1. The summed E-state index contributed by atoms with van der Waals surface area (Å²) in [5, 5.41) is 0. The fourth-order valence-corrected chi connectivity index (χ4v) is 4.42. The first-order chi connectivity index (χ1) is 9.26. The van der Waals surface area contributed by atoms with E-state index in [1.807, 2.05) is 11.8 Å². The first kappa shape index (κ1) is 14.9.